The second-order valence-corrected chi connectivity index (χ2v) is 10.1. The highest BCUT2D eigenvalue weighted by Crippen LogP contribution is 2.42. The standard InChI is InChI=1S/C25H30S/c1-24(2)12-18-8-5-7-17(22(18)14-24)11-20(16-26)21-10-6-9-19-13-25(3,4)15-23(19)21/h5-11,26H,12-16H2,1-4H3. The van der Waals surface area contributed by atoms with Crippen LogP contribution in [-0.4, -0.2) is 5.75 Å². The third kappa shape index (κ3) is 3.27. The Morgan fingerprint density at radius 3 is 2.08 bits per heavy atom. The second kappa shape index (κ2) is 6.30. The first-order valence-electron chi connectivity index (χ1n) is 9.81. The molecule has 4 rings (SSSR count). The Morgan fingerprint density at radius 2 is 1.42 bits per heavy atom. The van der Waals surface area contributed by atoms with Crippen LogP contribution < -0.4 is 0 Å². The van der Waals surface area contributed by atoms with Crippen LogP contribution in [0, 0.1) is 10.8 Å². The van der Waals surface area contributed by atoms with Gasteiger partial charge in [0.15, 0.2) is 0 Å². The number of fused-ring (bicyclic) bond motifs is 2. The van der Waals surface area contributed by atoms with E-state index in [4.69, 9.17) is 12.6 Å². The SMILES string of the molecule is CC1(C)Cc2cccc(C=C(CS)c3cccc4c3CC(C)(C)C4)c2C1. The van der Waals surface area contributed by atoms with Crippen LogP contribution in [0.15, 0.2) is 36.4 Å². The van der Waals surface area contributed by atoms with Gasteiger partial charge in [0.25, 0.3) is 0 Å². The average molecular weight is 363 g/mol. The minimum atomic E-state index is 0.373. The summed E-state index contributed by atoms with van der Waals surface area (Å²) >= 11 is 4.71. The van der Waals surface area contributed by atoms with Crippen LogP contribution >= 0.6 is 12.6 Å². The van der Waals surface area contributed by atoms with E-state index in [2.05, 4.69) is 70.2 Å². The van der Waals surface area contributed by atoms with Gasteiger partial charge >= 0.3 is 0 Å². The zero-order chi connectivity index (χ0) is 18.5. The summed E-state index contributed by atoms with van der Waals surface area (Å²) < 4.78 is 0. The van der Waals surface area contributed by atoms with Crippen molar-refractivity contribution in [3.8, 4) is 0 Å². The molecule has 0 aliphatic heterocycles. The molecule has 0 N–H and O–H groups in total. The summed E-state index contributed by atoms with van der Waals surface area (Å²) in [7, 11) is 0. The van der Waals surface area contributed by atoms with Gasteiger partial charge in [-0.15, -0.1) is 0 Å². The lowest BCUT2D eigenvalue weighted by Gasteiger charge is -2.16. The molecule has 0 fully saturated rings. The number of hydrogen-bond acceptors (Lipinski definition) is 1. The molecule has 0 saturated heterocycles. The summed E-state index contributed by atoms with van der Waals surface area (Å²) in [5.74, 6) is 0.782. The van der Waals surface area contributed by atoms with Crippen LogP contribution in [0.2, 0.25) is 0 Å². The molecule has 2 aromatic rings. The second-order valence-electron chi connectivity index (χ2n) is 9.79. The smallest absolute Gasteiger partial charge is 0.0160 e. The van der Waals surface area contributed by atoms with Crippen molar-refractivity contribution in [3.05, 3.63) is 69.8 Å². The van der Waals surface area contributed by atoms with Crippen molar-refractivity contribution >= 4 is 24.3 Å². The molecular weight excluding hydrogens is 332 g/mol. The van der Waals surface area contributed by atoms with Gasteiger partial charge in [-0.3, -0.25) is 0 Å². The zero-order valence-corrected chi connectivity index (χ0v) is 17.4. The first kappa shape index (κ1) is 17.9. The average Bonchev–Trinajstić information content (AvgIpc) is 3.05. The van der Waals surface area contributed by atoms with E-state index in [-0.39, 0.29) is 0 Å². The van der Waals surface area contributed by atoms with E-state index in [0.717, 1.165) is 5.75 Å². The summed E-state index contributed by atoms with van der Waals surface area (Å²) in [6.07, 6.45) is 7.13. The highest BCUT2D eigenvalue weighted by Gasteiger charge is 2.31. The third-order valence-corrected chi connectivity index (χ3v) is 6.42. The molecular formula is C25H30S. The predicted molar refractivity (Wildman–Crippen MR) is 117 cm³/mol. The highest BCUT2D eigenvalue weighted by molar-refractivity contribution is 7.80. The molecule has 0 spiro atoms. The molecule has 26 heavy (non-hydrogen) atoms. The molecule has 0 saturated carbocycles. The summed E-state index contributed by atoms with van der Waals surface area (Å²) in [5.41, 5.74) is 11.1. The molecule has 0 amide bonds. The normalized spacial score (nSPS) is 20.1. The minimum absolute atomic E-state index is 0.373. The fourth-order valence-electron chi connectivity index (χ4n) is 4.99. The fraction of sp³-hybridized carbons (Fsp3) is 0.440. The van der Waals surface area contributed by atoms with Crippen molar-refractivity contribution in [1.29, 1.82) is 0 Å². The number of benzene rings is 2. The van der Waals surface area contributed by atoms with Gasteiger partial charge in [-0.05, 0) is 75.5 Å². The van der Waals surface area contributed by atoms with Gasteiger partial charge in [0, 0.05) is 5.75 Å². The lowest BCUT2D eigenvalue weighted by Crippen LogP contribution is -2.10. The van der Waals surface area contributed by atoms with Crippen molar-refractivity contribution in [2.75, 3.05) is 5.75 Å². The van der Waals surface area contributed by atoms with E-state index in [0.29, 0.717) is 10.8 Å². The maximum Gasteiger partial charge on any atom is 0.0160 e. The van der Waals surface area contributed by atoms with Crippen LogP contribution in [0.3, 0.4) is 0 Å². The van der Waals surface area contributed by atoms with E-state index < -0.39 is 0 Å². The van der Waals surface area contributed by atoms with E-state index >= 15 is 0 Å². The van der Waals surface area contributed by atoms with Gasteiger partial charge in [-0.1, -0.05) is 70.2 Å². The monoisotopic (exact) mass is 362 g/mol. The molecule has 0 bridgehead atoms. The molecule has 0 aromatic heterocycles. The Bertz CT molecular complexity index is 883. The molecule has 0 heterocycles. The maximum atomic E-state index is 4.71. The fourth-order valence-corrected chi connectivity index (χ4v) is 5.25. The topological polar surface area (TPSA) is 0 Å². The van der Waals surface area contributed by atoms with E-state index in [1.54, 1.807) is 11.1 Å². The molecule has 0 unspecified atom stereocenters. The third-order valence-electron chi connectivity index (χ3n) is 6.08. The quantitative estimate of drug-likeness (QED) is 0.473. The summed E-state index contributed by atoms with van der Waals surface area (Å²) in [6.45, 7) is 9.53. The van der Waals surface area contributed by atoms with Gasteiger partial charge in [-0.2, -0.15) is 12.6 Å². The molecule has 2 aromatic carbocycles. The van der Waals surface area contributed by atoms with Crippen molar-refractivity contribution in [3.63, 3.8) is 0 Å². The molecule has 1 heteroatoms. The molecule has 0 nitrogen and oxygen atoms in total. The molecule has 0 atom stereocenters. The van der Waals surface area contributed by atoms with Gasteiger partial charge in [0.1, 0.15) is 0 Å². The van der Waals surface area contributed by atoms with Crippen molar-refractivity contribution < 1.29 is 0 Å². The summed E-state index contributed by atoms with van der Waals surface area (Å²) in [5, 5.41) is 0. The summed E-state index contributed by atoms with van der Waals surface area (Å²) in [4.78, 5) is 0. The van der Waals surface area contributed by atoms with Crippen molar-refractivity contribution in [2.24, 2.45) is 10.8 Å². The van der Waals surface area contributed by atoms with Gasteiger partial charge in [0.05, 0.1) is 0 Å². The van der Waals surface area contributed by atoms with Crippen LogP contribution in [0.25, 0.3) is 11.6 Å². The minimum Gasteiger partial charge on any atom is -0.175 e. The lowest BCUT2D eigenvalue weighted by molar-refractivity contribution is 0.392. The number of thiol groups is 1. The van der Waals surface area contributed by atoms with Gasteiger partial charge < -0.3 is 0 Å². The Labute approximate surface area is 164 Å². The Hall–Kier alpha value is -1.47. The van der Waals surface area contributed by atoms with Crippen molar-refractivity contribution in [1.82, 2.24) is 0 Å². The predicted octanol–water partition coefficient (Wildman–Crippen LogP) is 6.41. The van der Waals surface area contributed by atoms with Crippen LogP contribution in [0.5, 0.6) is 0 Å². The summed E-state index contributed by atoms with van der Waals surface area (Å²) in [6, 6.07) is 13.7. The van der Waals surface area contributed by atoms with Gasteiger partial charge in [0.2, 0.25) is 0 Å². The molecule has 136 valence electrons. The Kier molecular flexibility index (Phi) is 4.34. The van der Waals surface area contributed by atoms with E-state index in [9.17, 15) is 0 Å². The van der Waals surface area contributed by atoms with Gasteiger partial charge in [-0.25, -0.2) is 0 Å². The molecule has 0 radical (unpaired) electrons. The number of hydrogen-bond donors (Lipinski definition) is 1. The van der Waals surface area contributed by atoms with Crippen LogP contribution in [0.1, 0.15) is 61.1 Å². The zero-order valence-electron chi connectivity index (χ0n) is 16.5. The highest BCUT2D eigenvalue weighted by atomic mass is 32.1. The largest absolute Gasteiger partial charge is 0.175 e. The van der Waals surface area contributed by atoms with Crippen molar-refractivity contribution in [2.45, 2.75) is 53.4 Å². The van der Waals surface area contributed by atoms with Crippen LogP contribution in [-0.2, 0) is 25.7 Å². The Morgan fingerprint density at radius 1 is 0.846 bits per heavy atom. The molecule has 2 aliphatic rings. The van der Waals surface area contributed by atoms with Crippen LogP contribution in [0.4, 0.5) is 0 Å². The first-order valence-corrected chi connectivity index (χ1v) is 10.4. The number of rotatable bonds is 3. The van der Waals surface area contributed by atoms with E-state index in [1.807, 2.05) is 0 Å². The first-order chi connectivity index (χ1) is 12.3. The van der Waals surface area contributed by atoms with E-state index in [1.165, 1.54) is 53.5 Å². The lowest BCUT2D eigenvalue weighted by atomic mass is 9.88. The maximum absolute atomic E-state index is 4.71. The Balaban J connectivity index is 1.78. The molecule has 2 aliphatic carbocycles.